The van der Waals surface area contributed by atoms with Crippen LogP contribution in [-0.2, 0) is 10.8 Å². The molecule has 0 spiro atoms. The highest BCUT2D eigenvalue weighted by molar-refractivity contribution is 5.60. The van der Waals surface area contributed by atoms with Crippen molar-refractivity contribution < 1.29 is 10.2 Å². The number of aromatic hydroxyl groups is 2. The summed E-state index contributed by atoms with van der Waals surface area (Å²) in [7, 11) is 0. The molecule has 8 saturated carbocycles. The summed E-state index contributed by atoms with van der Waals surface area (Å²) in [6.07, 6.45) is 16.3. The summed E-state index contributed by atoms with van der Waals surface area (Å²) in [4.78, 5) is 0. The van der Waals surface area contributed by atoms with E-state index in [0.717, 1.165) is 34.8 Å². The number of benzene rings is 2. The molecule has 2 aromatic rings. The van der Waals surface area contributed by atoms with Crippen molar-refractivity contribution in [3.8, 4) is 11.5 Å². The molecule has 0 aromatic heterocycles. The maximum Gasteiger partial charge on any atom is 0.141 e. The maximum atomic E-state index is 10.5. The SMILES string of the molecule is Cc1cc(C23CC4CC(C2)CC(C25CC6CC(CC(c7cc(C)c(O)c(N)c7)(C6)C2)C5)(C4)C3)cc(N)c1O. The van der Waals surface area contributed by atoms with E-state index in [0.29, 0.717) is 22.2 Å². The van der Waals surface area contributed by atoms with Crippen LogP contribution in [0.2, 0.25) is 0 Å². The van der Waals surface area contributed by atoms with Crippen molar-refractivity contribution in [2.75, 3.05) is 11.5 Å². The Kier molecular flexibility index (Phi) is 4.47. The largest absolute Gasteiger partial charge is 0.506 e. The van der Waals surface area contributed by atoms with Gasteiger partial charge in [0.1, 0.15) is 11.5 Å². The van der Waals surface area contributed by atoms with E-state index in [9.17, 15) is 10.2 Å². The lowest BCUT2D eigenvalue weighted by atomic mass is 9.30. The van der Waals surface area contributed by atoms with Crippen LogP contribution in [0.1, 0.15) is 99.3 Å². The van der Waals surface area contributed by atoms with E-state index in [-0.39, 0.29) is 22.3 Å². The molecule has 8 fully saturated rings. The van der Waals surface area contributed by atoms with Gasteiger partial charge in [0.25, 0.3) is 0 Å². The Morgan fingerprint density at radius 1 is 0.579 bits per heavy atom. The Labute approximate surface area is 227 Å². The van der Waals surface area contributed by atoms with E-state index < -0.39 is 0 Å². The molecule has 38 heavy (non-hydrogen) atoms. The molecule has 0 amide bonds. The van der Waals surface area contributed by atoms with Crippen molar-refractivity contribution in [1.82, 2.24) is 0 Å². The minimum Gasteiger partial charge on any atom is -0.506 e. The molecule has 0 saturated heterocycles. The van der Waals surface area contributed by atoms with Gasteiger partial charge >= 0.3 is 0 Å². The number of nitrogens with two attached hydrogens (primary N) is 2. The van der Waals surface area contributed by atoms with Crippen molar-refractivity contribution in [2.45, 2.75) is 102 Å². The third-order valence-corrected chi connectivity index (χ3v) is 13.1. The molecule has 6 N–H and O–H groups in total. The maximum absolute atomic E-state index is 10.5. The molecule has 0 aliphatic heterocycles. The van der Waals surface area contributed by atoms with Gasteiger partial charge in [-0.15, -0.1) is 0 Å². The highest BCUT2D eigenvalue weighted by atomic mass is 16.3. The van der Waals surface area contributed by atoms with Gasteiger partial charge in [-0.1, -0.05) is 12.1 Å². The summed E-state index contributed by atoms with van der Waals surface area (Å²) in [6.45, 7) is 4.03. The van der Waals surface area contributed by atoms with E-state index in [1.54, 1.807) is 0 Å². The zero-order valence-electron chi connectivity index (χ0n) is 23.2. The van der Waals surface area contributed by atoms with Crippen LogP contribution in [0.3, 0.4) is 0 Å². The number of nitrogen functional groups attached to an aromatic ring is 2. The Balaban J connectivity index is 1.24. The van der Waals surface area contributed by atoms with Crippen molar-refractivity contribution in [1.29, 1.82) is 0 Å². The summed E-state index contributed by atoms with van der Waals surface area (Å²) < 4.78 is 0. The van der Waals surface area contributed by atoms with Gasteiger partial charge in [-0.25, -0.2) is 0 Å². The van der Waals surface area contributed by atoms with Crippen LogP contribution in [0.25, 0.3) is 0 Å². The van der Waals surface area contributed by atoms with E-state index in [2.05, 4.69) is 24.3 Å². The monoisotopic (exact) mass is 512 g/mol. The summed E-state index contributed by atoms with van der Waals surface area (Å²) >= 11 is 0. The van der Waals surface area contributed by atoms with E-state index in [1.165, 1.54) is 88.2 Å². The Morgan fingerprint density at radius 3 is 1.24 bits per heavy atom. The first-order valence-corrected chi connectivity index (χ1v) is 15.2. The number of rotatable bonds is 3. The van der Waals surface area contributed by atoms with Gasteiger partial charge in [-0.3, -0.25) is 0 Å². The lowest BCUT2D eigenvalue weighted by Crippen LogP contribution is -2.66. The molecule has 8 aliphatic rings. The first-order valence-electron chi connectivity index (χ1n) is 15.2. The van der Waals surface area contributed by atoms with Crippen LogP contribution in [-0.4, -0.2) is 10.2 Å². The number of aryl methyl sites for hydroxylation is 2. The summed E-state index contributed by atoms with van der Waals surface area (Å²) in [6, 6.07) is 8.81. The quantitative estimate of drug-likeness (QED) is 0.257. The fraction of sp³-hybridized carbons (Fsp3) is 0.647. The van der Waals surface area contributed by atoms with Crippen LogP contribution in [0.4, 0.5) is 11.4 Å². The fourth-order valence-corrected chi connectivity index (χ4v) is 12.7. The first-order chi connectivity index (χ1) is 18.0. The highest BCUT2D eigenvalue weighted by Gasteiger charge is 2.70. The lowest BCUT2D eigenvalue weighted by Gasteiger charge is -2.74. The van der Waals surface area contributed by atoms with E-state index in [4.69, 9.17) is 11.5 Å². The molecule has 2 aromatic carbocycles. The summed E-state index contributed by atoms with van der Waals surface area (Å²) in [5.74, 6) is 3.81. The van der Waals surface area contributed by atoms with Crippen LogP contribution < -0.4 is 11.5 Å². The van der Waals surface area contributed by atoms with Crippen LogP contribution >= 0.6 is 0 Å². The zero-order chi connectivity index (χ0) is 26.2. The fourth-order valence-electron chi connectivity index (χ4n) is 12.7. The average Bonchev–Trinajstić information content (AvgIpc) is 2.83. The molecule has 202 valence electrons. The van der Waals surface area contributed by atoms with Gasteiger partial charge in [-0.2, -0.15) is 0 Å². The second-order valence-electron chi connectivity index (χ2n) is 15.5. The molecule has 4 atom stereocenters. The van der Waals surface area contributed by atoms with Gasteiger partial charge in [0, 0.05) is 0 Å². The third kappa shape index (κ3) is 2.93. The highest BCUT2D eigenvalue weighted by Crippen LogP contribution is 2.79. The van der Waals surface area contributed by atoms with E-state index in [1.807, 2.05) is 13.8 Å². The van der Waals surface area contributed by atoms with Gasteiger partial charge in [0.05, 0.1) is 11.4 Å². The minimum atomic E-state index is 0.215. The molecule has 4 unspecified atom stereocenters. The Bertz CT molecular complexity index is 1180. The van der Waals surface area contributed by atoms with Crippen molar-refractivity contribution in [3.05, 3.63) is 46.5 Å². The summed E-state index contributed by atoms with van der Waals surface area (Å²) in [5, 5.41) is 20.9. The van der Waals surface area contributed by atoms with Gasteiger partial charge < -0.3 is 21.7 Å². The minimum absolute atomic E-state index is 0.215. The number of hydrogen-bond donors (Lipinski definition) is 4. The van der Waals surface area contributed by atoms with Crippen molar-refractivity contribution in [2.24, 2.45) is 34.5 Å². The molecule has 4 nitrogen and oxygen atoms in total. The normalized spacial score (nSPS) is 44.2. The lowest BCUT2D eigenvalue weighted by molar-refractivity contribution is -0.212. The second-order valence-corrected chi connectivity index (χ2v) is 15.5. The van der Waals surface area contributed by atoms with Gasteiger partial charge in [-0.05, 0) is 171 Å². The topological polar surface area (TPSA) is 92.5 Å². The van der Waals surface area contributed by atoms with Crippen LogP contribution in [0.5, 0.6) is 11.5 Å². The third-order valence-electron chi connectivity index (χ3n) is 13.1. The smallest absolute Gasteiger partial charge is 0.141 e. The number of phenolic OH excluding ortho intramolecular Hbond substituents is 2. The first kappa shape index (κ1) is 23.5. The number of anilines is 2. The predicted molar refractivity (Wildman–Crippen MR) is 152 cm³/mol. The van der Waals surface area contributed by atoms with Crippen LogP contribution in [0.15, 0.2) is 24.3 Å². The van der Waals surface area contributed by atoms with Gasteiger partial charge in [0.15, 0.2) is 0 Å². The van der Waals surface area contributed by atoms with Crippen LogP contribution in [0, 0.1) is 48.3 Å². The summed E-state index contributed by atoms with van der Waals surface area (Å²) in [5.41, 5.74) is 19.8. The van der Waals surface area contributed by atoms with Gasteiger partial charge in [0.2, 0.25) is 0 Å². The number of hydrogen-bond acceptors (Lipinski definition) is 4. The second kappa shape index (κ2) is 7.23. The van der Waals surface area contributed by atoms with Crippen molar-refractivity contribution >= 4 is 11.4 Å². The molecular formula is C34H44N2O2. The molecule has 0 radical (unpaired) electrons. The Hall–Kier alpha value is -2.36. The zero-order valence-corrected chi connectivity index (χ0v) is 23.2. The van der Waals surface area contributed by atoms with Crippen molar-refractivity contribution in [3.63, 3.8) is 0 Å². The molecule has 4 heteroatoms. The average molecular weight is 513 g/mol. The standard InChI is InChI=1S/C34H44N2O2/c1-19-3-25(7-27(35)29(19)37)31-9-21-5-22(10-31)14-33(13-21,17-31)34-15-23-6-24(16-34)12-32(11-23,18-34)26-4-20(2)30(38)28(36)8-26/h3-4,7-8,21-24,37-38H,5-6,9-18,35-36H2,1-2H3. The molecule has 0 heterocycles. The molecular weight excluding hydrogens is 468 g/mol. The molecule has 8 bridgehead atoms. The number of phenols is 2. The molecule has 10 rings (SSSR count). The predicted octanol–water partition coefficient (Wildman–Crippen LogP) is 7.26. The molecule has 8 aliphatic carbocycles. The Morgan fingerprint density at radius 2 is 0.921 bits per heavy atom. The van der Waals surface area contributed by atoms with E-state index >= 15 is 0 Å².